The first-order chi connectivity index (χ1) is 10.0. The Morgan fingerprint density at radius 1 is 1.33 bits per heavy atom. The van der Waals surface area contributed by atoms with Gasteiger partial charge in [0.05, 0.1) is 24.9 Å². The molecule has 0 saturated heterocycles. The Hall–Kier alpha value is -1.26. The van der Waals surface area contributed by atoms with Crippen molar-refractivity contribution in [2.24, 2.45) is 0 Å². The van der Waals surface area contributed by atoms with E-state index < -0.39 is 0 Å². The van der Waals surface area contributed by atoms with Gasteiger partial charge in [-0.3, -0.25) is 0 Å². The van der Waals surface area contributed by atoms with Crippen molar-refractivity contribution in [3.05, 3.63) is 24.3 Å². The Morgan fingerprint density at radius 2 is 2.10 bits per heavy atom. The van der Waals surface area contributed by atoms with Crippen LogP contribution in [0.4, 0.5) is 5.69 Å². The highest BCUT2D eigenvalue weighted by atomic mass is 16.5. The first kappa shape index (κ1) is 16.1. The molecule has 4 heteroatoms. The number of methoxy groups -OCH3 is 1. The third-order valence-corrected chi connectivity index (χ3v) is 3.64. The van der Waals surface area contributed by atoms with Crippen LogP contribution in [0.5, 0.6) is 5.75 Å². The summed E-state index contributed by atoms with van der Waals surface area (Å²) in [5, 5.41) is 3.59. The summed E-state index contributed by atoms with van der Waals surface area (Å²) in [6, 6.07) is 8.59. The lowest BCUT2D eigenvalue weighted by Gasteiger charge is -2.35. The normalized spacial score (nSPS) is 16.9. The predicted molar refractivity (Wildman–Crippen MR) is 87.3 cm³/mol. The molecule has 1 unspecified atom stereocenters. The molecular weight excluding hydrogens is 264 g/mol. The van der Waals surface area contributed by atoms with E-state index >= 15 is 0 Å². The van der Waals surface area contributed by atoms with E-state index in [-0.39, 0.29) is 5.54 Å². The van der Waals surface area contributed by atoms with E-state index in [9.17, 15) is 0 Å². The van der Waals surface area contributed by atoms with Crippen molar-refractivity contribution in [2.45, 2.75) is 38.8 Å². The Morgan fingerprint density at radius 3 is 2.81 bits per heavy atom. The second-order valence-electron chi connectivity index (χ2n) is 6.60. The minimum absolute atomic E-state index is 0.105. The number of ether oxygens (including phenoxy) is 2. The quantitative estimate of drug-likeness (QED) is 0.904. The minimum Gasteiger partial charge on any atom is -0.491 e. The van der Waals surface area contributed by atoms with Crippen molar-refractivity contribution >= 4 is 5.69 Å². The maximum Gasteiger partial charge on any atom is 0.142 e. The van der Waals surface area contributed by atoms with Crippen LogP contribution < -0.4 is 15.0 Å². The van der Waals surface area contributed by atoms with Crippen molar-refractivity contribution < 1.29 is 9.47 Å². The van der Waals surface area contributed by atoms with Crippen molar-refractivity contribution in [2.75, 3.05) is 38.3 Å². The SMILES string of the molecule is COCC(CNC(C)(C)C)N1CCCOc2ccccc21. The summed E-state index contributed by atoms with van der Waals surface area (Å²) in [5.41, 5.74) is 1.28. The maximum atomic E-state index is 5.85. The Kier molecular flexibility index (Phi) is 5.48. The second kappa shape index (κ2) is 7.14. The van der Waals surface area contributed by atoms with Crippen LogP contribution in [0.3, 0.4) is 0 Å². The Labute approximate surface area is 128 Å². The zero-order valence-corrected chi connectivity index (χ0v) is 13.7. The minimum atomic E-state index is 0.105. The Balaban J connectivity index is 2.18. The molecule has 0 spiro atoms. The van der Waals surface area contributed by atoms with Crippen molar-refractivity contribution in [3.8, 4) is 5.75 Å². The topological polar surface area (TPSA) is 33.7 Å². The van der Waals surface area contributed by atoms with E-state index in [1.807, 2.05) is 6.07 Å². The van der Waals surface area contributed by atoms with Crippen LogP contribution in [0.25, 0.3) is 0 Å². The van der Waals surface area contributed by atoms with Gasteiger partial charge in [0, 0.05) is 25.7 Å². The van der Waals surface area contributed by atoms with E-state index in [2.05, 4.69) is 49.2 Å². The number of fused-ring (bicyclic) bond motifs is 1. The highest BCUT2D eigenvalue weighted by Crippen LogP contribution is 2.31. The third-order valence-electron chi connectivity index (χ3n) is 3.64. The van der Waals surface area contributed by atoms with Crippen LogP contribution in [0.1, 0.15) is 27.2 Å². The van der Waals surface area contributed by atoms with Crippen LogP contribution in [-0.4, -0.2) is 45.0 Å². The Bertz CT molecular complexity index is 443. The lowest BCUT2D eigenvalue weighted by Crippen LogP contribution is -2.50. The van der Waals surface area contributed by atoms with Crippen LogP contribution in [0.2, 0.25) is 0 Å². The van der Waals surface area contributed by atoms with E-state index in [1.165, 1.54) is 5.69 Å². The van der Waals surface area contributed by atoms with Crippen molar-refractivity contribution in [1.29, 1.82) is 0 Å². The summed E-state index contributed by atoms with van der Waals surface area (Å²) in [4.78, 5) is 2.42. The molecule has 0 amide bonds. The summed E-state index contributed by atoms with van der Waals surface area (Å²) >= 11 is 0. The summed E-state index contributed by atoms with van der Waals surface area (Å²) in [6.45, 7) is 9.95. The summed E-state index contributed by atoms with van der Waals surface area (Å²) in [7, 11) is 1.77. The first-order valence-electron chi connectivity index (χ1n) is 7.74. The monoisotopic (exact) mass is 292 g/mol. The van der Waals surface area contributed by atoms with Crippen LogP contribution in [0.15, 0.2) is 24.3 Å². The van der Waals surface area contributed by atoms with E-state index in [4.69, 9.17) is 9.47 Å². The van der Waals surface area contributed by atoms with Crippen molar-refractivity contribution in [3.63, 3.8) is 0 Å². The second-order valence-corrected chi connectivity index (χ2v) is 6.60. The average molecular weight is 292 g/mol. The van der Waals surface area contributed by atoms with Crippen LogP contribution >= 0.6 is 0 Å². The van der Waals surface area contributed by atoms with Gasteiger partial charge in [-0.2, -0.15) is 0 Å². The lowest BCUT2D eigenvalue weighted by atomic mass is 10.1. The average Bonchev–Trinajstić information content (AvgIpc) is 2.65. The third kappa shape index (κ3) is 4.61. The molecule has 1 aliphatic rings. The van der Waals surface area contributed by atoms with Gasteiger partial charge >= 0.3 is 0 Å². The fourth-order valence-corrected chi connectivity index (χ4v) is 2.61. The van der Waals surface area contributed by atoms with E-state index in [0.717, 1.165) is 31.9 Å². The standard InChI is InChI=1S/C17H28N2O2/c1-17(2,3)18-12-14(13-20-4)19-10-7-11-21-16-9-6-5-8-15(16)19/h5-6,8-9,14,18H,7,10-13H2,1-4H3. The fourth-order valence-electron chi connectivity index (χ4n) is 2.61. The molecular formula is C17H28N2O2. The number of anilines is 1. The van der Waals surface area contributed by atoms with Crippen LogP contribution in [0, 0.1) is 0 Å². The van der Waals surface area contributed by atoms with Gasteiger partial charge in [0.15, 0.2) is 0 Å². The predicted octanol–water partition coefficient (Wildman–Crippen LogP) is 2.68. The number of para-hydroxylation sites is 2. The molecule has 0 aliphatic carbocycles. The molecule has 0 bridgehead atoms. The van der Waals surface area contributed by atoms with Crippen molar-refractivity contribution in [1.82, 2.24) is 5.32 Å². The largest absolute Gasteiger partial charge is 0.491 e. The molecule has 1 aromatic carbocycles. The zero-order valence-electron chi connectivity index (χ0n) is 13.7. The summed E-state index contributed by atoms with van der Waals surface area (Å²) in [5.74, 6) is 0.979. The van der Waals surface area contributed by atoms with Gasteiger partial charge in [0.1, 0.15) is 5.75 Å². The molecule has 4 nitrogen and oxygen atoms in total. The van der Waals surface area contributed by atoms with Gasteiger partial charge in [-0.05, 0) is 39.3 Å². The van der Waals surface area contributed by atoms with Gasteiger partial charge < -0.3 is 19.7 Å². The zero-order chi connectivity index (χ0) is 15.3. The molecule has 1 aliphatic heterocycles. The van der Waals surface area contributed by atoms with E-state index in [1.54, 1.807) is 7.11 Å². The molecule has 0 saturated carbocycles. The molecule has 1 aromatic rings. The van der Waals surface area contributed by atoms with E-state index in [0.29, 0.717) is 12.6 Å². The highest BCUT2D eigenvalue weighted by molar-refractivity contribution is 5.59. The van der Waals surface area contributed by atoms with Gasteiger partial charge in [-0.25, -0.2) is 0 Å². The van der Waals surface area contributed by atoms with Gasteiger partial charge in [-0.15, -0.1) is 0 Å². The molecule has 1 N–H and O–H groups in total. The lowest BCUT2D eigenvalue weighted by molar-refractivity contribution is 0.171. The molecule has 0 aromatic heterocycles. The molecule has 0 radical (unpaired) electrons. The molecule has 21 heavy (non-hydrogen) atoms. The van der Waals surface area contributed by atoms with Crippen LogP contribution in [-0.2, 0) is 4.74 Å². The number of nitrogens with one attached hydrogen (secondary N) is 1. The number of benzene rings is 1. The molecule has 2 rings (SSSR count). The van der Waals surface area contributed by atoms with Gasteiger partial charge in [0.2, 0.25) is 0 Å². The van der Waals surface area contributed by atoms with Gasteiger partial charge in [-0.1, -0.05) is 12.1 Å². The number of hydrogen-bond donors (Lipinski definition) is 1. The van der Waals surface area contributed by atoms with Gasteiger partial charge in [0.25, 0.3) is 0 Å². The summed E-state index contributed by atoms with van der Waals surface area (Å²) in [6.07, 6.45) is 1.03. The highest BCUT2D eigenvalue weighted by Gasteiger charge is 2.25. The number of nitrogens with zero attached hydrogens (tertiary/aromatic N) is 1. The smallest absolute Gasteiger partial charge is 0.142 e. The molecule has 1 heterocycles. The molecule has 0 fully saturated rings. The molecule has 1 atom stereocenters. The summed E-state index contributed by atoms with van der Waals surface area (Å²) < 4.78 is 11.3. The molecule has 118 valence electrons. The first-order valence-corrected chi connectivity index (χ1v) is 7.74. The number of hydrogen-bond acceptors (Lipinski definition) is 4. The fraction of sp³-hybridized carbons (Fsp3) is 0.647. The number of rotatable bonds is 5. The maximum absolute atomic E-state index is 5.85.